The molecule has 0 saturated heterocycles. The predicted octanol–water partition coefficient (Wildman–Crippen LogP) is 0.951. The minimum atomic E-state index is -1.49. The molecule has 19 heavy (non-hydrogen) atoms. The van der Waals surface area contributed by atoms with Crippen LogP contribution in [0.3, 0.4) is 0 Å². The maximum atomic E-state index is 12.1. The van der Waals surface area contributed by atoms with Gasteiger partial charge in [-0.1, -0.05) is 5.16 Å². The molecule has 0 unspecified atom stereocenters. The minimum absolute atomic E-state index is 0.115. The SMILES string of the molecule is CCOC(=O)C1=NO[C@]2(C=CC(OC)=CC2=O)[C@@H]1Cl. The van der Waals surface area contributed by atoms with Crippen LogP contribution in [0.4, 0.5) is 0 Å². The molecule has 1 aliphatic carbocycles. The first-order valence-corrected chi connectivity index (χ1v) is 6.05. The molecule has 0 amide bonds. The van der Waals surface area contributed by atoms with Crippen LogP contribution in [-0.4, -0.2) is 42.2 Å². The van der Waals surface area contributed by atoms with Gasteiger partial charge < -0.3 is 14.3 Å². The van der Waals surface area contributed by atoms with Crippen LogP contribution >= 0.6 is 11.6 Å². The number of ketones is 1. The molecule has 1 aliphatic heterocycles. The number of oxime groups is 1. The molecule has 2 rings (SSSR count). The highest BCUT2D eigenvalue weighted by atomic mass is 35.5. The molecule has 0 saturated carbocycles. The first kappa shape index (κ1) is 13.6. The summed E-state index contributed by atoms with van der Waals surface area (Å²) < 4.78 is 9.74. The number of hydrogen-bond acceptors (Lipinski definition) is 6. The Labute approximate surface area is 114 Å². The molecule has 0 N–H and O–H groups in total. The smallest absolute Gasteiger partial charge is 0.357 e. The van der Waals surface area contributed by atoms with E-state index in [-0.39, 0.29) is 12.3 Å². The van der Waals surface area contributed by atoms with Crippen molar-refractivity contribution in [2.24, 2.45) is 5.16 Å². The van der Waals surface area contributed by atoms with E-state index in [1.807, 2.05) is 0 Å². The van der Waals surface area contributed by atoms with Gasteiger partial charge in [0.15, 0.2) is 5.71 Å². The number of ether oxygens (including phenoxy) is 2. The second-order valence-corrected chi connectivity index (χ2v) is 4.33. The van der Waals surface area contributed by atoms with Crippen molar-refractivity contribution >= 4 is 29.1 Å². The zero-order valence-corrected chi connectivity index (χ0v) is 11.1. The third-order valence-corrected chi connectivity index (χ3v) is 3.32. The minimum Gasteiger partial charge on any atom is -0.497 e. The summed E-state index contributed by atoms with van der Waals surface area (Å²) in [6.45, 7) is 1.85. The van der Waals surface area contributed by atoms with Gasteiger partial charge in [-0.25, -0.2) is 4.79 Å². The summed E-state index contributed by atoms with van der Waals surface area (Å²) in [5.74, 6) is -0.746. The van der Waals surface area contributed by atoms with Gasteiger partial charge >= 0.3 is 5.97 Å². The fraction of sp³-hybridized carbons (Fsp3) is 0.417. The van der Waals surface area contributed by atoms with Crippen LogP contribution in [0.1, 0.15) is 6.92 Å². The van der Waals surface area contributed by atoms with Gasteiger partial charge in [-0.15, -0.1) is 11.6 Å². The Bertz CT molecular complexity index is 510. The lowest BCUT2D eigenvalue weighted by Gasteiger charge is -2.25. The number of carbonyl (C=O) groups excluding carboxylic acids is 2. The second-order valence-electron chi connectivity index (χ2n) is 3.89. The van der Waals surface area contributed by atoms with Crippen molar-refractivity contribution in [3.05, 3.63) is 24.0 Å². The average Bonchev–Trinajstić information content (AvgIpc) is 2.72. The lowest BCUT2D eigenvalue weighted by atomic mass is 9.88. The van der Waals surface area contributed by atoms with Crippen LogP contribution in [0.5, 0.6) is 0 Å². The number of alkyl halides is 1. The van der Waals surface area contributed by atoms with E-state index in [1.54, 1.807) is 13.0 Å². The lowest BCUT2D eigenvalue weighted by molar-refractivity contribution is -0.135. The van der Waals surface area contributed by atoms with Crippen LogP contribution in [0, 0.1) is 0 Å². The molecule has 1 heterocycles. The molecule has 6 nitrogen and oxygen atoms in total. The summed E-state index contributed by atoms with van der Waals surface area (Å²) in [5.41, 5.74) is -1.61. The van der Waals surface area contributed by atoms with Gasteiger partial charge in [0.1, 0.15) is 11.1 Å². The number of esters is 1. The fourth-order valence-corrected chi connectivity index (χ4v) is 2.11. The predicted molar refractivity (Wildman–Crippen MR) is 66.8 cm³/mol. The summed E-state index contributed by atoms with van der Waals surface area (Å²) in [4.78, 5) is 28.8. The van der Waals surface area contributed by atoms with Crippen molar-refractivity contribution in [1.29, 1.82) is 0 Å². The van der Waals surface area contributed by atoms with E-state index in [1.165, 1.54) is 19.3 Å². The standard InChI is InChI=1S/C12H12ClNO5/c1-3-18-11(16)9-10(13)12(19-14-9)5-4-7(17-2)6-8(12)15/h4-6,10H,3H2,1-2H3/t10-,12+/m1/s1. The summed E-state index contributed by atoms with van der Waals surface area (Å²) >= 11 is 6.13. The van der Waals surface area contributed by atoms with Crippen molar-refractivity contribution in [1.82, 2.24) is 0 Å². The van der Waals surface area contributed by atoms with Gasteiger partial charge in [-0.2, -0.15) is 0 Å². The van der Waals surface area contributed by atoms with Gasteiger partial charge in [-0.3, -0.25) is 4.79 Å². The molecule has 102 valence electrons. The van der Waals surface area contributed by atoms with E-state index in [2.05, 4.69) is 5.16 Å². The van der Waals surface area contributed by atoms with Gasteiger partial charge in [0.05, 0.1) is 13.7 Å². The Morgan fingerprint density at radius 2 is 2.37 bits per heavy atom. The quantitative estimate of drug-likeness (QED) is 0.570. The molecule has 0 aromatic rings. The van der Waals surface area contributed by atoms with Crippen LogP contribution in [0.15, 0.2) is 29.1 Å². The Kier molecular flexibility index (Phi) is 3.61. The molecule has 0 radical (unpaired) electrons. The van der Waals surface area contributed by atoms with E-state index in [9.17, 15) is 9.59 Å². The molecule has 2 aliphatic rings. The van der Waals surface area contributed by atoms with Crippen molar-refractivity contribution in [3.63, 3.8) is 0 Å². The largest absolute Gasteiger partial charge is 0.497 e. The highest BCUT2D eigenvalue weighted by Crippen LogP contribution is 2.35. The van der Waals surface area contributed by atoms with Crippen LogP contribution in [0.25, 0.3) is 0 Å². The van der Waals surface area contributed by atoms with Crippen molar-refractivity contribution < 1.29 is 23.9 Å². The van der Waals surface area contributed by atoms with E-state index in [0.29, 0.717) is 5.76 Å². The fourth-order valence-electron chi connectivity index (χ4n) is 1.76. The van der Waals surface area contributed by atoms with Crippen molar-refractivity contribution in [2.45, 2.75) is 17.9 Å². The summed E-state index contributed by atoms with van der Waals surface area (Å²) in [6, 6.07) is 0. The number of hydrogen-bond donors (Lipinski definition) is 0. The van der Waals surface area contributed by atoms with Gasteiger partial charge in [0.2, 0.25) is 11.4 Å². The molecule has 1 spiro atoms. The Balaban J connectivity index is 2.23. The van der Waals surface area contributed by atoms with Gasteiger partial charge in [-0.05, 0) is 19.1 Å². The van der Waals surface area contributed by atoms with E-state index in [0.717, 1.165) is 0 Å². The number of halogens is 1. The summed E-state index contributed by atoms with van der Waals surface area (Å²) in [5, 5.41) is 2.54. The van der Waals surface area contributed by atoms with E-state index >= 15 is 0 Å². The maximum Gasteiger partial charge on any atom is 0.357 e. The molecular weight excluding hydrogens is 274 g/mol. The Morgan fingerprint density at radius 3 is 2.95 bits per heavy atom. The highest BCUT2D eigenvalue weighted by molar-refractivity contribution is 6.52. The molecular formula is C12H12ClNO5. The second kappa shape index (κ2) is 5.05. The monoisotopic (exact) mass is 285 g/mol. The molecule has 0 aromatic carbocycles. The summed E-state index contributed by atoms with van der Waals surface area (Å²) in [7, 11) is 1.44. The van der Waals surface area contributed by atoms with E-state index in [4.69, 9.17) is 25.9 Å². The first-order valence-electron chi connectivity index (χ1n) is 5.61. The molecule has 0 fully saturated rings. The maximum absolute atomic E-state index is 12.1. The first-order chi connectivity index (χ1) is 9.05. The topological polar surface area (TPSA) is 74.2 Å². The third-order valence-electron chi connectivity index (χ3n) is 2.79. The van der Waals surface area contributed by atoms with Gasteiger partial charge in [0.25, 0.3) is 0 Å². The summed E-state index contributed by atoms with van der Waals surface area (Å²) in [6.07, 6.45) is 4.22. The number of rotatable bonds is 3. The normalized spacial score (nSPS) is 28.8. The number of allylic oxidation sites excluding steroid dienone is 1. The lowest BCUT2D eigenvalue weighted by Crippen LogP contribution is -2.48. The zero-order chi connectivity index (χ0) is 14.0. The Hall–Kier alpha value is -1.82. The molecule has 7 heteroatoms. The third kappa shape index (κ3) is 2.12. The van der Waals surface area contributed by atoms with Crippen LogP contribution in [0.2, 0.25) is 0 Å². The highest BCUT2D eigenvalue weighted by Gasteiger charge is 2.55. The number of methoxy groups -OCH3 is 1. The van der Waals surface area contributed by atoms with Crippen molar-refractivity contribution in [2.75, 3.05) is 13.7 Å². The average molecular weight is 286 g/mol. The van der Waals surface area contributed by atoms with Crippen molar-refractivity contribution in [3.8, 4) is 0 Å². The van der Waals surface area contributed by atoms with E-state index < -0.39 is 22.7 Å². The zero-order valence-electron chi connectivity index (χ0n) is 10.4. The Morgan fingerprint density at radius 1 is 1.63 bits per heavy atom. The van der Waals surface area contributed by atoms with Crippen LogP contribution < -0.4 is 0 Å². The molecule has 0 bridgehead atoms. The van der Waals surface area contributed by atoms with Gasteiger partial charge in [0, 0.05) is 6.08 Å². The number of nitrogens with zero attached hydrogens (tertiary/aromatic N) is 1. The molecule has 2 atom stereocenters. The number of carbonyl (C=O) groups is 2. The van der Waals surface area contributed by atoms with Crippen LogP contribution in [-0.2, 0) is 23.9 Å². The molecule has 0 aromatic heterocycles.